The van der Waals surface area contributed by atoms with E-state index < -0.39 is 5.41 Å². The van der Waals surface area contributed by atoms with Gasteiger partial charge >= 0.3 is 5.97 Å². The summed E-state index contributed by atoms with van der Waals surface area (Å²) in [5.74, 6) is -0.247. The molecule has 0 heterocycles. The molecule has 4 heteroatoms. The topological polar surface area (TPSA) is 26.3 Å². The molecule has 0 atom stereocenters. The number of benzene rings is 1. The maximum Gasteiger partial charge on any atom is 0.311 e. The molecule has 0 aliphatic rings. The number of ether oxygens (including phenoxy) is 1. The molecule has 0 spiro atoms. The number of hydrogen-bond acceptors (Lipinski definition) is 2. The van der Waals surface area contributed by atoms with Crippen molar-refractivity contribution in [3.63, 3.8) is 0 Å². The second kappa shape index (κ2) is 5.07. The first-order valence-corrected chi connectivity index (χ1v) is 5.67. The standard InChI is InChI=1S/C12H14Cl2O2/c1-12(2,3)11(15)16-7-8-4-9(13)6-10(14)5-8/h4-6H,7H2,1-3H3. The highest BCUT2D eigenvalue weighted by Gasteiger charge is 2.22. The van der Waals surface area contributed by atoms with Crippen LogP contribution in [0, 0.1) is 5.41 Å². The fourth-order valence-corrected chi connectivity index (χ4v) is 1.63. The van der Waals surface area contributed by atoms with Crippen molar-refractivity contribution in [2.45, 2.75) is 27.4 Å². The van der Waals surface area contributed by atoms with Gasteiger partial charge in [-0.2, -0.15) is 0 Å². The van der Waals surface area contributed by atoms with E-state index in [4.69, 9.17) is 27.9 Å². The predicted octanol–water partition coefficient (Wildman–Crippen LogP) is 4.08. The summed E-state index contributed by atoms with van der Waals surface area (Å²) in [5, 5.41) is 1.07. The lowest BCUT2D eigenvalue weighted by molar-refractivity contribution is -0.154. The highest BCUT2D eigenvalue weighted by Crippen LogP contribution is 2.21. The molecule has 0 aliphatic heterocycles. The molecule has 0 fully saturated rings. The van der Waals surface area contributed by atoms with Crippen molar-refractivity contribution in [3.05, 3.63) is 33.8 Å². The van der Waals surface area contributed by atoms with Crippen LogP contribution in [0.3, 0.4) is 0 Å². The number of carbonyl (C=O) groups excluding carboxylic acids is 1. The van der Waals surface area contributed by atoms with Crippen LogP contribution in [0.15, 0.2) is 18.2 Å². The molecular formula is C12H14Cl2O2. The van der Waals surface area contributed by atoms with Crippen molar-refractivity contribution in [1.29, 1.82) is 0 Å². The Hall–Kier alpha value is -0.730. The first kappa shape index (κ1) is 13.3. The van der Waals surface area contributed by atoms with E-state index >= 15 is 0 Å². The average molecular weight is 261 g/mol. The summed E-state index contributed by atoms with van der Waals surface area (Å²) >= 11 is 11.7. The molecule has 1 aromatic carbocycles. The Morgan fingerprint density at radius 1 is 1.19 bits per heavy atom. The highest BCUT2D eigenvalue weighted by atomic mass is 35.5. The van der Waals surface area contributed by atoms with Crippen LogP contribution in [-0.2, 0) is 16.1 Å². The molecule has 0 amide bonds. The van der Waals surface area contributed by atoms with Gasteiger partial charge in [0.05, 0.1) is 5.41 Å². The van der Waals surface area contributed by atoms with E-state index in [0.29, 0.717) is 10.0 Å². The van der Waals surface area contributed by atoms with Gasteiger partial charge in [0, 0.05) is 10.0 Å². The lowest BCUT2D eigenvalue weighted by atomic mass is 9.97. The summed E-state index contributed by atoms with van der Waals surface area (Å²) in [7, 11) is 0. The van der Waals surface area contributed by atoms with Crippen LogP contribution in [0.5, 0.6) is 0 Å². The fraction of sp³-hybridized carbons (Fsp3) is 0.417. The molecule has 0 radical (unpaired) electrons. The van der Waals surface area contributed by atoms with Crippen LogP contribution in [0.1, 0.15) is 26.3 Å². The molecule has 0 saturated carbocycles. The number of carbonyl (C=O) groups is 1. The van der Waals surface area contributed by atoms with E-state index in [2.05, 4.69) is 0 Å². The Morgan fingerprint density at radius 3 is 2.12 bits per heavy atom. The Morgan fingerprint density at radius 2 is 1.69 bits per heavy atom. The number of rotatable bonds is 2. The summed E-state index contributed by atoms with van der Waals surface area (Å²) in [5.41, 5.74) is 0.289. The number of halogens is 2. The van der Waals surface area contributed by atoms with Gasteiger partial charge in [0.25, 0.3) is 0 Å². The third kappa shape index (κ3) is 4.03. The van der Waals surface area contributed by atoms with Gasteiger partial charge in [-0.05, 0) is 44.5 Å². The van der Waals surface area contributed by atoms with Gasteiger partial charge in [-0.15, -0.1) is 0 Å². The van der Waals surface area contributed by atoms with Crippen molar-refractivity contribution in [2.75, 3.05) is 0 Å². The number of hydrogen-bond donors (Lipinski definition) is 0. The van der Waals surface area contributed by atoms with E-state index in [-0.39, 0.29) is 12.6 Å². The van der Waals surface area contributed by atoms with Crippen LogP contribution in [0.25, 0.3) is 0 Å². The van der Waals surface area contributed by atoms with Crippen LogP contribution in [0.2, 0.25) is 10.0 Å². The van der Waals surface area contributed by atoms with Gasteiger partial charge in [0.1, 0.15) is 6.61 Å². The van der Waals surface area contributed by atoms with Crippen LogP contribution >= 0.6 is 23.2 Å². The largest absolute Gasteiger partial charge is 0.460 e. The SMILES string of the molecule is CC(C)(C)C(=O)OCc1cc(Cl)cc(Cl)c1. The molecule has 0 bridgehead atoms. The summed E-state index contributed by atoms with van der Waals surface area (Å²) in [6.07, 6.45) is 0. The maximum absolute atomic E-state index is 11.5. The molecule has 0 unspecified atom stereocenters. The minimum absolute atomic E-state index is 0.191. The van der Waals surface area contributed by atoms with Crippen molar-refractivity contribution in [3.8, 4) is 0 Å². The third-order valence-electron chi connectivity index (χ3n) is 1.90. The van der Waals surface area contributed by atoms with Crippen molar-refractivity contribution in [1.82, 2.24) is 0 Å². The molecule has 16 heavy (non-hydrogen) atoms. The van der Waals surface area contributed by atoms with Crippen molar-refractivity contribution in [2.24, 2.45) is 5.41 Å². The smallest absolute Gasteiger partial charge is 0.311 e. The lowest BCUT2D eigenvalue weighted by Crippen LogP contribution is -2.22. The average Bonchev–Trinajstić information content (AvgIpc) is 2.11. The van der Waals surface area contributed by atoms with Gasteiger partial charge < -0.3 is 4.74 Å². The minimum atomic E-state index is -0.498. The van der Waals surface area contributed by atoms with Crippen molar-refractivity contribution < 1.29 is 9.53 Å². The Labute approximate surface area is 106 Å². The molecule has 1 rings (SSSR count). The van der Waals surface area contributed by atoms with E-state index in [1.54, 1.807) is 39.0 Å². The van der Waals surface area contributed by atoms with E-state index in [9.17, 15) is 4.79 Å². The van der Waals surface area contributed by atoms with Gasteiger partial charge in [-0.25, -0.2) is 0 Å². The van der Waals surface area contributed by atoms with E-state index in [0.717, 1.165) is 5.56 Å². The maximum atomic E-state index is 11.5. The minimum Gasteiger partial charge on any atom is -0.460 e. The molecule has 0 aliphatic carbocycles. The van der Waals surface area contributed by atoms with Gasteiger partial charge in [-0.3, -0.25) is 4.79 Å². The molecule has 2 nitrogen and oxygen atoms in total. The molecule has 0 N–H and O–H groups in total. The Bertz CT molecular complexity index is 374. The Balaban J connectivity index is 2.65. The van der Waals surface area contributed by atoms with E-state index in [1.807, 2.05) is 0 Å². The zero-order valence-electron chi connectivity index (χ0n) is 9.51. The van der Waals surface area contributed by atoms with Gasteiger partial charge in [0.15, 0.2) is 0 Å². The monoisotopic (exact) mass is 260 g/mol. The van der Waals surface area contributed by atoms with Crippen LogP contribution in [-0.4, -0.2) is 5.97 Å². The molecule has 0 aromatic heterocycles. The predicted molar refractivity (Wildman–Crippen MR) is 65.7 cm³/mol. The fourth-order valence-electron chi connectivity index (χ4n) is 1.06. The van der Waals surface area contributed by atoms with Crippen molar-refractivity contribution >= 4 is 29.2 Å². The third-order valence-corrected chi connectivity index (χ3v) is 2.34. The molecule has 0 saturated heterocycles. The zero-order valence-corrected chi connectivity index (χ0v) is 11.0. The Kier molecular flexibility index (Phi) is 4.22. The summed E-state index contributed by atoms with van der Waals surface area (Å²) in [6, 6.07) is 5.09. The van der Waals surface area contributed by atoms with Gasteiger partial charge in [-0.1, -0.05) is 23.2 Å². The quantitative estimate of drug-likeness (QED) is 0.749. The van der Waals surface area contributed by atoms with Crippen LogP contribution < -0.4 is 0 Å². The first-order valence-electron chi connectivity index (χ1n) is 4.91. The second-order valence-electron chi connectivity index (χ2n) is 4.60. The highest BCUT2D eigenvalue weighted by molar-refractivity contribution is 6.34. The van der Waals surface area contributed by atoms with Gasteiger partial charge in [0.2, 0.25) is 0 Å². The molecular weight excluding hydrogens is 247 g/mol. The second-order valence-corrected chi connectivity index (χ2v) is 5.48. The lowest BCUT2D eigenvalue weighted by Gasteiger charge is -2.16. The van der Waals surface area contributed by atoms with E-state index in [1.165, 1.54) is 0 Å². The summed E-state index contributed by atoms with van der Waals surface area (Å²) < 4.78 is 5.15. The first-order chi connectivity index (χ1) is 7.29. The molecule has 88 valence electrons. The normalized spacial score (nSPS) is 11.3. The van der Waals surface area contributed by atoms with Crippen LogP contribution in [0.4, 0.5) is 0 Å². The summed E-state index contributed by atoms with van der Waals surface area (Å²) in [6.45, 7) is 5.61. The summed E-state index contributed by atoms with van der Waals surface area (Å²) in [4.78, 5) is 11.5. The number of esters is 1. The zero-order chi connectivity index (χ0) is 12.3. The molecule has 1 aromatic rings.